The van der Waals surface area contributed by atoms with Gasteiger partial charge in [0.05, 0.1) is 0 Å². The number of urea groups is 1. The van der Waals surface area contributed by atoms with Crippen LogP contribution in [0.15, 0.2) is 48.5 Å². The number of benzene rings is 2. The van der Waals surface area contributed by atoms with E-state index in [4.69, 9.17) is 0 Å². The molecule has 1 aliphatic heterocycles. The molecule has 0 unspecified atom stereocenters. The molecule has 3 rings (SSSR count). The lowest BCUT2D eigenvalue weighted by molar-refractivity contribution is 0.0691. The second-order valence-corrected chi connectivity index (χ2v) is 7.27. The Kier molecular flexibility index (Phi) is 8.49. The average molecular weight is 417 g/mol. The maximum Gasteiger partial charge on any atom is 0.323 e. The molecule has 3 N–H and O–H groups in total. The van der Waals surface area contributed by atoms with E-state index in [2.05, 4.69) is 16.0 Å². The van der Waals surface area contributed by atoms with Crippen LogP contribution in [0, 0.1) is 12.8 Å². The van der Waals surface area contributed by atoms with Crippen molar-refractivity contribution in [3.05, 3.63) is 59.7 Å². The number of nitrogens with one attached hydrogen (secondary N) is 3. The average Bonchev–Trinajstić information content (AvgIpc) is 2.71. The summed E-state index contributed by atoms with van der Waals surface area (Å²) in [5.74, 6) is 0.653. The van der Waals surface area contributed by atoms with E-state index in [-0.39, 0.29) is 24.3 Å². The van der Waals surface area contributed by atoms with Gasteiger partial charge in [-0.3, -0.25) is 4.79 Å². The molecule has 0 atom stereocenters. The quantitative estimate of drug-likeness (QED) is 0.686. The fourth-order valence-corrected chi connectivity index (χ4v) is 3.51. The standard InChI is InChI=1S/C22H28N4O2.ClH/c1-16-8-9-18(21(27)26-12-10-17(11-13-26)15-23-2)14-20(16)25-22(28)24-19-6-4-3-5-7-19;/h3-9,14,17,23H,10-13,15H2,1-2H3,(H2,24,25,28);1H. The Bertz CT molecular complexity index is 821. The molecule has 1 saturated heterocycles. The van der Waals surface area contributed by atoms with Gasteiger partial charge in [-0.15, -0.1) is 12.4 Å². The van der Waals surface area contributed by atoms with Crippen molar-refractivity contribution in [2.24, 2.45) is 5.92 Å². The van der Waals surface area contributed by atoms with E-state index in [1.165, 1.54) is 0 Å². The van der Waals surface area contributed by atoms with Crippen LogP contribution >= 0.6 is 12.4 Å². The molecule has 2 aromatic carbocycles. The summed E-state index contributed by atoms with van der Waals surface area (Å²) < 4.78 is 0. The van der Waals surface area contributed by atoms with Crippen molar-refractivity contribution in [2.45, 2.75) is 19.8 Å². The fraction of sp³-hybridized carbons (Fsp3) is 0.364. The minimum Gasteiger partial charge on any atom is -0.339 e. The van der Waals surface area contributed by atoms with Crippen molar-refractivity contribution in [1.82, 2.24) is 10.2 Å². The third-order valence-electron chi connectivity index (χ3n) is 5.16. The Morgan fingerprint density at radius 2 is 1.72 bits per heavy atom. The van der Waals surface area contributed by atoms with Gasteiger partial charge in [0.1, 0.15) is 0 Å². The molecular formula is C22H29ClN4O2. The van der Waals surface area contributed by atoms with Crippen LogP contribution in [-0.2, 0) is 0 Å². The first-order valence-corrected chi connectivity index (χ1v) is 9.74. The fourth-order valence-electron chi connectivity index (χ4n) is 3.51. The smallest absolute Gasteiger partial charge is 0.323 e. The highest BCUT2D eigenvalue weighted by Gasteiger charge is 2.23. The number of carbonyl (C=O) groups excluding carboxylic acids is 2. The molecule has 0 aliphatic carbocycles. The van der Waals surface area contributed by atoms with E-state index in [9.17, 15) is 9.59 Å². The van der Waals surface area contributed by atoms with E-state index in [1.807, 2.05) is 61.3 Å². The third kappa shape index (κ3) is 6.21. The lowest BCUT2D eigenvalue weighted by Crippen LogP contribution is -2.40. The molecule has 3 amide bonds. The van der Waals surface area contributed by atoms with E-state index >= 15 is 0 Å². The number of nitrogens with zero attached hydrogens (tertiary/aromatic N) is 1. The van der Waals surface area contributed by atoms with Crippen molar-refractivity contribution < 1.29 is 9.59 Å². The van der Waals surface area contributed by atoms with Gasteiger partial charge in [-0.05, 0) is 69.1 Å². The molecule has 1 heterocycles. The molecule has 0 aromatic heterocycles. The maximum atomic E-state index is 12.9. The molecule has 6 nitrogen and oxygen atoms in total. The molecule has 0 spiro atoms. The minimum absolute atomic E-state index is 0. The predicted molar refractivity (Wildman–Crippen MR) is 120 cm³/mol. The molecule has 1 aliphatic rings. The van der Waals surface area contributed by atoms with Crippen LogP contribution < -0.4 is 16.0 Å². The van der Waals surface area contributed by atoms with E-state index in [1.54, 1.807) is 6.07 Å². The van der Waals surface area contributed by atoms with Gasteiger partial charge in [0.25, 0.3) is 5.91 Å². The minimum atomic E-state index is -0.327. The Morgan fingerprint density at radius 3 is 2.38 bits per heavy atom. The number of likely N-dealkylation sites (tertiary alicyclic amines) is 1. The molecule has 0 bridgehead atoms. The van der Waals surface area contributed by atoms with Gasteiger partial charge in [-0.1, -0.05) is 24.3 Å². The number of hydrogen-bond donors (Lipinski definition) is 3. The van der Waals surface area contributed by atoms with Gasteiger partial charge in [0, 0.05) is 30.0 Å². The molecule has 0 radical (unpaired) electrons. The second kappa shape index (κ2) is 10.8. The van der Waals surface area contributed by atoms with Crippen LogP contribution in [0.4, 0.5) is 16.2 Å². The van der Waals surface area contributed by atoms with Gasteiger partial charge >= 0.3 is 6.03 Å². The molecule has 156 valence electrons. The van der Waals surface area contributed by atoms with Crippen LogP contribution in [0.1, 0.15) is 28.8 Å². The first-order valence-electron chi connectivity index (χ1n) is 9.74. The summed E-state index contributed by atoms with van der Waals surface area (Å²) in [6.45, 7) is 4.46. The first kappa shape index (κ1) is 22.7. The zero-order valence-corrected chi connectivity index (χ0v) is 17.7. The number of rotatable bonds is 5. The number of halogens is 1. The van der Waals surface area contributed by atoms with Crippen LogP contribution in [0.5, 0.6) is 0 Å². The van der Waals surface area contributed by atoms with Crippen LogP contribution in [0.25, 0.3) is 0 Å². The number of piperidine rings is 1. The summed E-state index contributed by atoms with van der Waals surface area (Å²) >= 11 is 0. The van der Waals surface area contributed by atoms with E-state index in [0.29, 0.717) is 22.9 Å². The second-order valence-electron chi connectivity index (χ2n) is 7.27. The zero-order chi connectivity index (χ0) is 19.9. The number of anilines is 2. The van der Waals surface area contributed by atoms with Crippen molar-refractivity contribution in [3.8, 4) is 0 Å². The topological polar surface area (TPSA) is 73.5 Å². The predicted octanol–water partition coefficient (Wildman–Crippen LogP) is 4.13. The molecule has 2 aromatic rings. The molecule has 0 saturated carbocycles. The zero-order valence-electron chi connectivity index (χ0n) is 16.9. The van der Waals surface area contributed by atoms with Crippen molar-refractivity contribution in [2.75, 3.05) is 37.3 Å². The lowest BCUT2D eigenvalue weighted by Gasteiger charge is -2.32. The summed E-state index contributed by atoms with van der Waals surface area (Å²) in [5.41, 5.74) is 2.87. The number of hydrogen-bond acceptors (Lipinski definition) is 3. The Labute approximate surface area is 178 Å². The highest BCUT2D eigenvalue weighted by molar-refractivity contribution is 6.02. The largest absolute Gasteiger partial charge is 0.339 e. The number of amides is 3. The Morgan fingerprint density at radius 1 is 1.03 bits per heavy atom. The lowest BCUT2D eigenvalue weighted by atomic mass is 9.96. The summed E-state index contributed by atoms with van der Waals surface area (Å²) in [5, 5.41) is 8.86. The Hall–Kier alpha value is -2.57. The summed E-state index contributed by atoms with van der Waals surface area (Å²) in [4.78, 5) is 27.1. The van der Waals surface area contributed by atoms with E-state index in [0.717, 1.165) is 38.0 Å². The van der Waals surface area contributed by atoms with Gasteiger partial charge in [0.15, 0.2) is 0 Å². The van der Waals surface area contributed by atoms with Crippen molar-refractivity contribution in [1.29, 1.82) is 0 Å². The number of carbonyl (C=O) groups is 2. The summed E-state index contributed by atoms with van der Waals surface area (Å²) in [6.07, 6.45) is 2.03. The maximum absolute atomic E-state index is 12.9. The monoisotopic (exact) mass is 416 g/mol. The summed E-state index contributed by atoms with van der Waals surface area (Å²) in [7, 11) is 1.96. The molecular weight excluding hydrogens is 388 g/mol. The number of aryl methyl sites for hydroxylation is 1. The highest BCUT2D eigenvalue weighted by atomic mass is 35.5. The van der Waals surface area contributed by atoms with Crippen LogP contribution in [0.2, 0.25) is 0 Å². The molecule has 29 heavy (non-hydrogen) atoms. The third-order valence-corrected chi connectivity index (χ3v) is 5.16. The number of para-hydroxylation sites is 1. The highest BCUT2D eigenvalue weighted by Crippen LogP contribution is 2.22. The molecule has 1 fully saturated rings. The first-order chi connectivity index (χ1) is 13.6. The van der Waals surface area contributed by atoms with Gasteiger partial charge < -0.3 is 20.9 Å². The van der Waals surface area contributed by atoms with Gasteiger partial charge in [0.2, 0.25) is 0 Å². The van der Waals surface area contributed by atoms with Gasteiger partial charge in [-0.2, -0.15) is 0 Å². The molecule has 7 heteroatoms. The van der Waals surface area contributed by atoms with Crippen LogP contribution in [-0.4, -0.2) is 43.5 Å². The SMILES string of the molecule is CNCC1CCN(C(=O)c2ccc(C)c(NC(=O)Nc3ccccc3)c2)CC1.Cl. The van der Waals surface area contributed by atoms with Crippen molar-refractivity contribution in [3.63, 3.8) is 0 Å². The Balaban J connectivity index is 0.00000300. The van der Waals surface area contributed by atoms with Crippen molar-refractivity contribution >= 4 is 35.7 Å². The summed E-state index contributed by atoms with van der Waals surface area (Å²) in [6, 6.07) is 14.4. The normalized spacial score (nSPS) is 14.1. The van der Waals surface area contributed by atoms with Crippen LogP contribution in [0.3, 0.4) is 0 Å². The van der Waals surface area contributed by atoms with Gasteiger partial charge in [-0.25, -0.2) is 4.79 Å². The van der Waals surface area contributed by atoms with E-state index < -0.39 is 0 Å².